The zero-order valence-corrected chi connectivity index (χ0v) is 12.0. The molecule has 1 amide bonds. The molecular formula is C13H17N3O2S. The predicted molar refractivity (Wildman–Crippen MR) is 77.3 cm³/mol. The summed E-state index contributed by atoms with van der Waals surface area (Å²) in [6.07, 6.45) is 1.65. The van der Waals surface area contributed by atoms with Gasteiger partial charge in [0.1, 0.15) is 10.4 Å². The molecule has 5 nitrogen and oxygen atoms in total. The zero-order chi connectivity index (χ0) is 14.2. The average Bonchev–Trinajstić information content (AvgIpc) is 2.64. The summed E-state index contributed by atoms with van der Waals surface area (Å²) in [5, 5.41) is 9.76. The number of hydrogen-bond donors (Lipinski definition) is 2. The van der Waals surface area contributed by atoms with Gasteiger partial charge in [0.2, 0.25) is 0 Å². The lowest BCUT2D eigenvalue weighted by Crippen LogP contribution is -2.39. The fraction of sp³-hybridized carbons (Fsp3) is 0.385. The van der Waals surface area contributed by atoms with Crippen LogP contribution in [-0.4, -0.2) is 40.1 Å². The fourth-order valence-corrected chi connectivity index (χ4v) is 3.01. The van der Waals surface area contributed by atoms with Gasteiger partial charge in [0.05, 0.1) is 16.0 Å². The second-order valence-corrected chi connectivity index (χ2v) is 6.22. The molecule has 2 rings (SSSR count). The number of carbonyl (C=O) groups is 1. The summed E-state index contributed by atoms with van der Waals surface area (Å²) in [5.41, 5.74) is 6.11. The van der Waals surface area contributed by atoms with E-state index in [0.717, 1.165) is 4.70 Å². The molecule has 2 heterocycles. The highest BCUT2D eigenvalue weighted by Crippen LogP contribution is 2.32. The van der Waals surface area contributed by atoms with Crippen molar-refractivity contribution in [1.82, 2.24) is 9.88 Å². The molecule has 0 spiro atoms. The molecule has 0 saturated carbocycles. The Bertz CT molecular complexity index is 616. The summed E-state index contributed by atoms with van der Waals surface area (Å²) in [4.78, 5) is 18.5. The molecule has 0 fully saturated rings. The summed E-state index contributed by atoms with van der Waals surface area (Å²) in [6, 6.07) is 3.70. The van der Waals surface area contributed by atoms with Gasteiger partial charge in [-0.15, -0.1) is 11.3 Å². The molecule has 3 N–H and O–H groups in total. The van der Waals surface area contributed by atoms with Crippen molar-refractivity contribution in [3.05, 3.63) is 23.2 Å². The van der Waals surface area contributed by atoms with E-state index in [1.54, 1.807) is 27.1 Å². The van der Waals surface area contributed by atoms with Crippen molar-refractivity contribution >= 4 is 33.1 Å². The Labute approximate surface area is 115 Å². The van der Waals surface area contributed by atoms with Crippen LogP contribution in [0.5, 0.6) is 0 Å². The number of thiophene rings is 1. The highest BCUT2D eigenvalue weighted by Gasteiger charge is 2.24. The minimum Gasteiger partial charge on any atom is -0.396 e. The van der Waals surface area contributed by atoms with Gasteiger partial charge < -0.3 is 15.7 Å². The first-order valence-corrected chi connectivity index (χ1v) is 6.72. The standard InChI is InChI=1S/C13H17N3O2S/c1-13(2,18)7-16(3)12(17)11-9(14)10-8(19-11)5-4-6-15-10/h4-6,18H,7,14H2,1-3H3. The van der Waals surface area contributed by atoms with Gasteiger partial charge in [-0.25, -0.2) is 0 Å². The van der Waals surface area contributed by atoms with Gasteiger partial charge in [-0.05, 0) is 26.0 Å². The Morgan fingerprint density at radius 2 is 2.26 bits per heavy atom. The molecule has 0 atom stereocenters. The van der Waals surface area contributed by atoms with E-state index < -0.39 is 5.60 Å². The van der Waals surface area contributed by atoms with Crippen LogP contribution < -0.4 is 5.73 Å². The Morgan fingerprint density at radius 1 is 1.58 bits per heavy atom. The molecule has 2 aromatic rings. The summed E-state index contributed by atoms with van der Waals surface area (Å²) in [6.45, 7) is 3.56. The summed E-state index contributed by atoms with van der Waals surface area (Å²) in [7, 11) is 1.65. The van der Waals surface area contributed by atoms with Crippen LogP contribution >= 0.6 is 11.3 Å². The minimum absolute atomic E-state index is 0.192. The topological polar surface area (TPSA) is 79.5 Å². The van der Waals surface area contributed by atoms with Crippen LogP contribution in [0, 0.1) is 0 Å². The number of anilines is 1. The van der Waals surface area contributed by atoms with E-state index in [-0.39, 0.29) is 12.5 Å². The quantitative estimate of drug-likeness (QED) is 0.896. The van der Waals surface area contributed by atoms with Crippen LogP contribution in [0.2, 0.25) is 0 Å². The number of fused-ring (bicyclic) bond motifs is 1. The van der Waals surface area contributed by atoms with Gasteiger partial charge in [0.15, 0.2) is 0 Å². The second kappa shape index (κ2) is 4.79. The van der Waals surface area contributed by atoms with Gasteiger partial charge >= 0.3 is 0 Å². The molecule has 2 aromatic heterocycles. The van der Waals surface area contributed by atoms with E-state index >= 15 is 0 Å². The molecule has 0 bridgehead atoms. The Hall–Kier alpha value is -1.66. The Balaban J connectivity index is 2.34. The van der Waals surface area contributed by atoms with Crippen molar-refractivity contribution in [2.24, 2.45) is 0 Å². The number of amides is 1. The molecule has 19 heavy (non-hydrogen) atoms. The lowest BCUT2D eigenvalue weighted by molar-refractivity contribution is 0.0371. The first kappa shape index (κ1) is 13.8. The predicted octanol–water partition coefficient (Wildman–Crippen LogP) is 1.72. The number of rotatable bonds is 3. The highest BCUT2D eigenvalue weighted by atomic mass is 32.1. The lowest BCUT2D eigenvalue weighted by Gasteiger charge is -2.25. The van der Waals surface area contributed by atoms with E-state index in [2.05, 4.69) is 4.98 Å². The van der Waals surface area contributed by atoms with E-state index in [0.29, 0.717) is 16.1 Å². The van der Waals surface area contributed by atoms with Crippen molar-refractivity contribution in [2.45, 2.75) is 19.4 Å². The number of hydrogen-bond acceptors (Lipinski definition) is 5. The number of likely N-dealkylation sites (N-methyl/N-ethyl adjacent to an activating group) is 1. The SMILES string of the molecule is CN(CC(C)(C)O)C(=O)c1sc2cccnc2c1N. The highest BCUT2D eigenvalue weighted by molar-refractivity contribution is 7.21. The molecule has 0 aliphatic heterocycles. The number of aliphatic hydroxyl groups is 1. The van der Waals surface area contributed by atoms with Crippen molar-refractivity contribution in [2.75, 3.05) is 19.3 Å². The molecule has 0 aliphatic rings. The first-order chi connectivity index (χ1) is 8.79. The second-order valence-electron chi connectivity index (χ2n) is 5.17. The van der Waals surface area contributed by atoms with Crippen molar-refractivity contribution in [3.63, 3.8) is 0 Å². The average molecular weight is 279 g/mol. The molecule has 0 aliphatic carbocycles. The van der Waals surface area contributed by atoms with Gasteiger partial charge in [0, 0.05) is 19.8 Å². The van der Waals surface area contributed by atoms with E-state index in [1.807, 2.05) is 12.1 Å². The van der Waals surface area contributed by atoms with Crippen LogP contribution in [-0.2, 0) is 0 Å². The van der Waals surface area contributed by atoms with E-state index in [4.69, 9.17) is 5.73 Å². The Morgan fingerprint density at radius 3 is 2.84 bits per heavy atom. The number of pyridine rings is 1. The van der Waals surface area contributed by atoms with E-state index in [1.165, 1.54) is 16.2 Å². The number of carbonyl (C=O) groups excluding carboxylic acids is 1. The number of aromatic nitrogens is 1. The van der Waals surface area contributed by atoms with Crippen LogP contribution in [0.25, 0.3) is 10.2 Å². The number of nitrogens with two attached hydrogens (primary N) is 1. The van der Waals surface area contributed by atoms with Crippen LogP contribution in [0.1, 0.15) is 23.5 Å². The summed E-state index contributed by atoms with van der Waals surface area (Å²) in [5.74, 6) is -0.192. The van der Waals surface area contributed by atoms with Gasteiger partial charge in [-0.2, -0.15) is 0 Å². The maximum Gasteiger partial charge on any atom is 0.265 e. The van der Waals surface area contributed by atoms with Crippen molar-refractivity contribution < 1.29 is 9.90 Å². The van der Waals surface area contributed by atoms with Gasteiger partial charge in [-0.1, -0.05) is 0 Å². The third kappa shape index (κ3) is 2.85. The molecule has 0 radical (unpaired) electrons. The molecule has 102 valence electrons. The largest absolute Gasteiger partial charge is 0.396 e. The molecule has 0 aromatic carbocycles. The third-order valence-corrected chi connectivity index (χ3v) is 3.80. The monoisotopic (exact) mass is 279 g/mol. The number of nitrogen functional groups attached to an aromatic ring is 1. The molecule has 0 unspecified atom stereocenters. The summed E-state index contributed by atoms with van der Waals surface area (Å²) >= 11 is 1.33. The Kier molecular flexibility index (Phi) is 3.47. The number of nitrogens with zero attached hydrogens (tertiary/aromatic N) is 2. The smallest absolute Gasteiger partial charge is 0.265 e. The summed E-state index contributed by atoms with van der Waals surface area (Å²) < 4.78 is 0.889. The van der Waals surface area contributed by atoms with Crippen LogP contribution in [0.3, 0.4) is 0 Å². The minimum atomic E-state index is -0.936. The third-order valence-electron chi connectivity index (χ3n) is 2.65. The fourth-order valence-electron chi connectivity index (χ4n) is 1.93. The molecule has 6 heteroatoms. The maximum atomic E-state index is 12.3. The van der Waals surface area contributed by atoms with Crippen LogP contribution in [0.15, 0.2) is 18.3 Å². The van der Waals surface area contributed by atoms with Crippen molar-refractivity contribution in [1.29, 1.82) is 0 Å². The molecular weight excluding hydrogens is 262 g/mol. The molecule has 0 saturated heterocycles. The lowest BCUT2D eigenvalue weighted by atomic mass is 10.1. The maximum absolute atomic E-state index is 12.3. The van der Waals surface area contributed by atoms with Gasteiger partial charge in [0.25, 0.3) is 5.91 Å². The van der Waals surface area contributed by atoms with E-state index in [9.17, 15) is 9.90 Å². The van der Waals surface area contributed by atoms with Gasteiger partial charge in [-0.3, -0.25) is 9.78 Å². The first-order valence-electron chi connectivity index (χ1n) is 5.90. The zero-order valence-electron chi connectivity index (χ0n) is 11.2. The van der Waals surface area contributed by atoms with Crippen molar-refractivity contribution in [3.8, 4) is 0 Å². The normalized spacial score (nSPS) is 11.8. The van der Waals surface area contributed by atoms with Crippen LogP contribution in [0.4, 0.5) is 5.69 Å².